The molecule has 27 heavy (non-hydrogen) atoms. The van der Waals surface area contributed by atoms with Gasteiger partial charge < -0.3 is 9.64 Å². The molecule has 0 spiro atoms. The Morgan fingerprint density at radius 2 is 1.93 bits per heavy atom. The molecule has 0 N–H and O–H groups in total. The largest absolute Gasteiger partial charge is 0.489 e. The molecule has 1 atom stereocenters. The molecule has 0 aliphatic carbocycles. The summed E-state index contributed by atoms with van der Waals surface area (Å²) in [5.41, 5.74) is 3.21. The minimum Gasteiger partial charge on any atom is -0.489 e. The number of para-hydroxylation sites is 1. The second-order valence-electron chi connectivity index (χ2n) is 6.66. The second kappa shape index (κ2) is 8.40. The van der Waals surface area contributed by atoms with E-state index in [0.717, 1.165) is 40.7 Å². The highest BCUT2D eigenvalue weighted by Gasteiger charge is 2.26. The van der Waals surface area contributed by atoms with E-state index in [1.807, 2.05) is 48.4 Å². The summed E-state index contributed by atoms with van der Waals surface area (Å²) >= 11 is 0. The Morgan fingerprint density at radius 1 is 1.15 bits per heavy atom. The summed E-state index contributed by atoms with van der Waals surface area (Å²) in [6.45, 7) is 3.37. The molecule has 3 aromatic rings. The summed E-state index contributed by atoms with van der Waals surface area (Å²) in [4.78, 5) is 18.2. The van der Waals surface area contributed by atoms with Crippen LogP contribution in [0.25, 0.3) is 22.0 Å². The Bertz CT molecular complexity index is 927. The molecule has 1 aliphatic heterocycles. The average Bonchev–Trinajstić information content (AvgIpc) is 3.16. The van der Waals surface area contributed by atoms with Crippen molar-refractivity contribution in [3.8, 4) is 16.9 Å². The van der Waals surface area contributed by atoms with Gasteiger partial charge in [0.25, 0.3) is 0 Å². The summed E-state index contributed by atoms with van der Waals surface area (Å²) in [7, 11) is 0. The number of hydrogen-bond acceptors (Lipinski definition) is 3. The Hall–Kier alpha value is -2.59. The molecule has 4 nitrogen and oxygen atoms in total. The third-order valence-electron chi connectivity index (χ3n) is 4.88. The smallest absolute Gasteiger partial charge is 0.222 e. The SMILES string of the molecule is CCC(=O)N1CC[C@@H](Oc2ccc(-c3cnc4ccccc4c3)cc2)C1.Cl. The molecule has 4 rings (SSSR count). The van der Waals surface area contributed by atoms with Gasteiger partial charge in [-0.05, 0) is 29.8 Å². The Morgan fingerprint density at radius 3 is 2.70 bits per heavy atom. The van der Waals surface area contributed by atoms with Crippen molar-refractivity contribution in [3.05, 3.63) is 60.8 Å². The lowest BCUT2D eigenvalue weighted by Crippen LogP contribution is -2.30. The van der Waals surface area contributed by atoms with Crippen LogP contribution in [0.1, 0.15) is 19.8 Å². The number of halogens is 1. The number of nitrogens with zero attached hydrogens (tertiary/aromatic N) is 2. The molecule has 0 radical (unpaired) electrons. The van der Waals surface area contributed by atoms with E-state index in [0.29, 0.717) is 13.0 Å². The van der Waals surface area contributed by atoms with Gasteiger partial charge in [-0.15, -0.1) is 12.4 Å². The van der Waals surface area contributed by atoms with E-state index in [2.05, 4.69) is 29.2 Å². The number of benzene rings is 2. The van der Waals surface area contributed by atoms with Crippen LogP contribution in [0.2, 0.25) is 0 Å². The highest BCUT2D eigenvalue weighted by Crippen LogP contribution is 2.26. The van der Waals surface area contributed by atoms with Gasteiger partial charge in [0.2, 0.25) is 5.91 Å². The molecule has 2 heterocycles. The van der Waals surface area contributed by atoms with Gasteiger partial charge >= 0.3 is 0 Å². The lowest BCUT2D eigenvalue weighted by molar-refractivity contribution is -0.130. The van der Waals surface area contributed by atoms with Crippen molar-refractivity contribution < 1.29 is 9.53 Å². The molecular formula is C22H23ClN2O2. The van der Waals surface area contributed by atoms with Crippen LogP contribution in [-0.4, -0.2) is 35.0 Å². The number of rotatable bonds is 4. The molecule has 1 amide bonds. The third-order valence-corrected chi connectivity index (χ3v) is 4.88. The van der Waals surface area contributed by atoms with Crippen molar-refractivity contribution in [2.24, 2.45) is 0 Å². The van der Waals surface area contributed by atoms with Gasteiger partial charge in [0.1, 0.15) is 11.9 Å². The van der Waals surface area contributed by atoms with E-state index in [1.54, 1.807) is 0 Å². The number of carbonyl (C=O) groups excluding carboxylic acids is 1. The van der Waals surface area contributed by atoms with E-state index < -0.39 is 0 Å². The highest BCUT2D eigenvalue weighted by atomic mass is 35.5. The van der Waals surface area contributed by atoms with Crippen molar-refractivity contribution in [2.75, 3.05) is 13.1 Å². The number of carbonyl (C=O) groups is 1. The predicted octanol–water partition coefficient (Wildman–Crippen LogP) is 4.71. The monoisotopic (exact) mass is 382 g/mol. The van der Waals surface area contributed by atoms with E-state index >= 15 is 0 Å². The molecule has 1 fully saturated rings. The van der Waals surface area contributed by atoms with Crippen LogP contribution >= 0.6 is 12.4 Å². The van der Waals surface area contributed by atoms with E-state index in [-0.39, 0.29) is 24.4 Å². The van der Waals surface area contributed by atoms with Gasteiger partial charge in [0.15, 0.2) is 0 Å². The fraction of sp³-hybridized carbons (Fsp3) is 0.273. The highest BCUT2D eigenvalue weighted by molar-refractivity contribution is 5.85. The Labute approximate surface area is 165 Å². The Kier molecular flexibility index (Phi) is 5.97. The summed E-state index contributed by atoms with van der Waals surface area (Å²) in [5.74, 6) is 1.05. The summed E-state index contributed by atoms with van der Waals surface area (Å²) in [5, 5.41) is 1.14. The maximum atomic E-state index is 11.8. The summed E-state index contributed by atoms with van der Waals surface area (Å²) in [6.07, 6.45) is 3.44. The van der Waals surface area contributed by atoms with Gasteiger partial charge in [-0.1, -0.05) is 37.3 Å². The standard InChI is InChI=1S/C22H22N2O2.ClH/c1-2-22(25)24-12-11-20(15-24)26-19-9-7-16(8-10-19)18-13-17-5-3-4-6-21(17)23-14-18;/h3-10,13-14,20H,2,11-12,15H2,1H3;1H/t20-;/m1./s1. The summed E-state index contributed by atoms with van der Waals surface area (Å²) in [6, 6.07) is 18.4. The van der Waals surface area contributed by atoms with Crippen LogP contribution in [0.5, 0.6) is 5.75 Å². The predicted molar refractivity (Wildman–Crippen MR) is 110 cm³/mol. The quantitative estimate of drug-likeness (QED) is 0.656. The number of ether oxygens (including phenoxy) is 1. The minimum atomic E-state index is 0. The van der Waals surface area contributed by atoms with Crippen LogP contribution in [-0.2, 0) is 4.79 Å². The topological polar surface area (TPSA) is 42.4 Å². The zero-order chi connectivity index (χ0) is 17.9. The lowest BCUT2D eigenvalue weighted by atomic mass is 10.1. The molecule has 0 saturated carbocycles. The van der Waals surface area contributed by atoms with Crippen molar-refractivity contribution in [2.45, 2.75) is 25.9 Å². The van der Waals surface area contributed by atoms with Gasteiger partial charge in [-0.2, -0.15) is 0 Å². The van der Waals surface area contributed by atoms with E-state index in [4.69, 9.17) is 4.74 Å². The van der Waals surface area contributed by atoms with Gasteiger partial charge in [0, 0.05) is 36.5 Å². The molecule has 1 aliphatic rings. The van der Waals surface area contributed by atoms with Crippen LogP contribution in [0, 0.1) is 0 Å². The van der Waals surface area contributed by atoms with Gasteiger partial charge in [-0.25, -0.2) is 0 Å². The second-order valence-corrected chi connectivity index (χ2v) is 6.66. The van der Waals surface area contributed by atoms with Crippen LogP contribution in [0.3, 0.4) is 0 Å². The van der Waals surface area contributed by atoms with Crippen molar-refractivity contribution in [3.63, 3.8) is 0 Å². The van der Waals surface area contributed by atoms with Crippen LogP contribution in [0.4, 0.5) is 0 Å². The van der Waals surface area contributed by atoms with E-state index in [1.165, 1.54) is 0 Å². The van der Waals surface area contributed by atoms with Crippen molar-refractivity contribution >= 4 is 29.2 Å². The summed E-state index contributed by atoms with van der Waals surface area (Å²) < 4.78 is 6.05. The number of aromatic nitrogens is 1. The van der Waals surface area contributed by atoms with E-state index in [9.17, 15) is 4.79 Å². The minimum absolute atomic E-state index is 0. The molecule has 5 heteroatoms. The first-order valence-electron chi connectivity index (χ1n) is 9.12. The molecule has 0 bridgehead atoms. The molecular weight excluding hydrogens is 360 g/mol. The zero-order valence-corrected chi connectivity index (χ0v) is 16.1. The first kappa shape index (κ1) is 19.2. The maximum absolute atomic E-state index is 11.8. The fourth-order valence-corrected chi connectivity index (χ4v) is 3.42. The van der Waals surface area contributed by atoms with Gasteiger partial charge in [-0.3, -0.25) is 9.78 Å². The normalized spacial score (nSPS) is 16.2. The number of pyridine rings is 1. The Balaban J connectivity index is 0.00000210. The van der Waals surface area contributed by atoms with Crippen molar-refractivity contribution in [1.82, 2.24) is 9.88 Å². The molecule has 1 aromatic heterocycles. The van der Waals surface area contributed by atoms with Crippen LogP contribution < -0.4 is 4.74 Å². The maximum Gasteiger partial charge on any atom is 0.222 e. The average molecular weight is 383 g/mol. The first-order chi connectivity index (χ1) is 12.7. The van der Waals surface area contributed by atoms with Crippen LogP contribution in [0.15, 0.2) is 60.8 Å². The lowest BCUT2D eigenvalue weighted by Gasteiger charge is -2.16. The molecule has 140 valence electrons. The van der Waals surface area contributed by atoms with Crippen molar-refractivity contribution in [1.29, 1.82) is 0 Å². The number of likely N-dealkylation sites (tertiary alicyclic amines) is 1. The fourth-order valence-electron chi connectivity index (χ4n) is 3.42. The number of amides is 1. The number of hydrogen-bond donors (Lipinski definition) is 0. The molecule has 1 saturated heterocycles. The zero-order valence-electron chi connectivity index (χ0n) is 15.3. The van der Waals surface area contributed by atoms with Gasteiger partial charge in [0.05, 0.1) is 12.1 Å². The number of fused-ring (bicyclic) bond motifs is 1. The first-order valence-corrected chi connectivity index (χ1v) is 9.12. The third kappa shape index (κ3) is 4.22. The molecule has 2 aromatic carbocycles. The molecule has 0 unspecified atom stereocenters.